The molecule has 0 aromatic rings. The van der Waals surface area contributed by atoms with Crippen LogP contribution in [-0.4, -0.2) is 0 Å². The molecule has 2 rings (SSSR count). The maximum atomic E-state index is 2.50. The zero-order chi connectivity index (χ0) is 11.3. The van der Waals surface area contributed by atoms with Gasteiger partial charge in [0.2, 0.25) is 0 Å². The van der Waals surface area contributed by atoms with Crippen LogP contribution in [0, 0.1) is 22.2 Å². The Bertz CT molecular complexity index is 221. The Morgan fingerprint density at radius 1 is 0.800 bits per heavy atom. The molecular weight excluding hydrogens is 180 g/mol. The molecule has 0 aliphatic heterocycles. The van der Waals surface area contributed by atoms with Crippen molar-refractivity contribution >= 4 is 0 Å². The van der Waals surface area contributed by atoms with Gasteiger partial charge in [-0.3, -0.25) is 0 Å². The van der Waals surface area contributed by atoms with Gasteiger partial charge in [-0.25, -0.2) is 0 Å². The zero-order valence-corrected chi connectivity index (χ0v) is 11.3. The Morgan fingerprint density at radius 3 is 1.60 bits per heavy atom. The topological polar surface area (TPSA) is 0 Å². The predicted molar refractivity (Wildman–Crippen MR) is 66.9 cm³/mol. The highest BCUT2D eigenvalue weighted by Crippen LogP contribution is 2.62. The molecule has 2 aliphatic carbocycles. The van der Waals surface area contributed by atoms with Crippen LogP contribution in [0.25, 0.3) is 0 Å². The van der Waals surface area contributed by atoms with E-state index in [4.69, 9.17) is 0 Å². The Morgan fingerprint density at radius 2 is 1.20 bits per heavy atom. The summed E-state index contributed by atoms with van der Waals surface area (Å²) in [7, 11) is 0. The summed E-state index contributed by atoms with van der Waals surface area (Å²) < 4.78 is 0. The minimum atomic E-state index is 0.548. The molecule has 0 radical (unpaired) electrons. The molecule has 0 nitrogen and oxygen atoms in total. The first-order valence-corrected chi connectivity index (χ1v) is 6.78. The molecule has 2 aliphatic rings. The molecular formula is C15H28. The van der Waals surface area contributed by atoms with Crippen LogP contribution in [0.15, 0.2) is 0 Å². The van der Waals surface area contributed by atoms with Gasteiger partial charge in [-0.15, -0.1) is 0 Å². The van der Waals surface area contributed by atoms with Crippen molar-refractivity contribution in [1.82, 2.24) is 0 Å². The van der Waals surface area contributed by atoms with Gasteiger partial charge in [0.15, 0.2) is 0 Å². The highest BCUT2D eigenvalue weighted by atomic mass is 14.6. The Labute approximate surface area is 95.8 Å². The van der Waals surface area contributed by atoms with Gasteiger partial charge in [0.05, 0.1) is 0 Å². The molecule has 0 atom stereocenters. The van der Waals surface area contributed by atoms with Crippen LogP contribution in [0.4, 0.5) is 0 Å². The van der Waals surface area contributed by atoms with E-state index < -0.39 is 0 Å². The summed E-state index contributed by atoms with van der Waals surface area (Å²) in [5.74, 6) is 0.858. The highest BCUT2D eigenvalue weighted by Gasteiger charge is 2.52. The van der Waals surface area contributed by atoms with E-state index in [0.717, 1.165) is 11.3 Å². The first-order valence-electron chi connectivity index (χ1n) is 6.78. The third-order valence-electron chi connectivity index (χ3n) is 5.67. The van der Waals surface area contributed by atoms with Gasteiger partial charge >= 0.3 is 0 Å². The summed E-state index contributed by atoms with van der Waals surface area (Å²) >= 11 is 0. The molecule has 0 aromatic heterocycles. The molecule has 0 bridgehead atoms. The average molecular weight is 208 g/mol. The van der Waals surface area contributed by atoms with Crippen molar-refractivity contribution < 1.29 is 0 Å². The van der Waals surface area contributed by atoms with E-state index in [1.54, 1.807) is 0 Å². The fourth-order valence-corrected chi connectivity index (χ4v) is 4.84. The maximum Gasteiger partial charge on any atom is -0.0287 e. The predicted octanol–water partition coefficient (Wildman–Crippen LogP) is 5.03. The smallest absolute Gasteiger partial charge is 0.0287 e. The van der Waals surface area contributed by atoms with Crippen molar-refractivity contribution in [2.24, 2.45) is 22.2 Å². The van der Waals surface area contributed by atoms with Crippen LogP contribution in [0.5, 0.6) is 0 Å². The monoisotopic (exact) mass is 208 g/mol. The van der Waals surface area contributed by atoms with Crippen LogP contribution in [0.2, 0.25) is 0 Å². The molecule has 0 heteroatoms. The van der Waals surface area contributed by atoms with Gasteiger partial charge in [-0.05, 0) is 47.8 Å². The highest BCUT2D eigenvalue weighted by molar-refractivity contribution is 5.02. The maximum absolute atomic E-state index is 2.50. The van der Waals surface area contributed by atoms with Crippen LogP contribution >= 0.6 is 0 Å². The van der Waals surface area contributed by atoms with Gasteiger partial charge < -0.3 is 0 Å². The number of rotatable bonds is 0. The molecule has 15 heavy (non-hydrogen) atoms. The minimum absolute atomic E-state index is 0.548. The zero-order valence-electron chi connectivity index (χ0n) is 11.3. The first kappa shape index (κ1) is 11.5. The van der Waals surface area contributed by atoms with E-state index in [2.05, 4.69) is 34.6 Å². The van der Waals surface area contributed by atoms with Crippen molar-refractivity contribution in [2.75, 3.05) is 0 Å². The van der Waals surface area contributed by atoms with Gasteiger partial charge in [-0.2, -0.15) is 0 Å². The van der Waals surface area contributed by atoms with E-state index in [1.807, 2.05) is 0 Å². The lowest BCUT2D eigenvalue weighted by Crippen LogP contribution is -2.46. The van der Waals surface area contributed by atoms with E-state index >= 15 is 0 Å². The molecule has 0 unspecified atom stereocenters. The fourth-order valence-electron chi connectivity index (χ4n) is 4.84. The van der Waals surface area contributed by atoms with E-state index in [9.17, 15) is 0 Å². The third-order valence-corrected chi connectivity index (χ3v) is 5.67. The molecule has 0 aromatic carbocycles. The number of hydrogen-bond donors (Lipinski definition) is 0. The lowest BCUT2D eigenvalue weighted by atomic mass is 9.50. The Balaban J connectivity index is 2.27. The quantitative estimate of drug-likeness (QED) is 0.524. The van der Waals surface area contributed by atoms with Gasteiger partial charge in [0, 0.05) is 0 Å². The molecule has 88 valence electrons. The molecule has 0 saturated heterocycles. The van der Waals surface area contributed by atoms with Crippen LogP contribution < -0.4 is 0 Å². The molecule has 0 N–H and O–H groups in total. The van der Waals surface area contributed by atoms with Crippen molar-refractivity contribution in [2.45, 2.75) is 73.1 Å². The summed E-state index contributed by atoms with van der Waals surface area (Å²) in [6.07, 6.45) is 8.94. The standard InChI is InChI=1S/C15H28/c1-12-13(2,3)10-15(8-6-7-9-15)11-14(12,4)5/h12H,6-11H2,1-5H3. The van der Waals surface area contributed by atoms with Gasteiger partial charge in [-0.1, -0.05) is 47.5 Å². The normalized spacial score (nSPS) is 33.4. The fraction of sp³-hybridized carbons (Fsp3) is 1.00. The lowest BCUT2D eigenvalue weighted by molar-refractivity contribution is -0.0558. The molecule has 1 spiro atoms. The average Bonchev–Trinajstić information content (AvgIpc) is 2.47. The summed E-state index contributed by atoms with van der Waals surface area (Å²) in [6, 6.07) is 0. The Kier molecular flexibility index (Phi) is 2.48. The van der Waals surface area contributed by atoms with E-state index in [-0.39, 0.29) is 0 Å². The summed E-state index contributed by atoms with van der Waals surface area (Å²) in [4.78, 5) is 0. The van der Waals surface area contributed by atoms with Crippen molar-refractivity contribution in [3.05, 3.63) is 0 Å². The lowest BCUT2D eigenvalue weighted by Gasteiger charge is -2.55. The largest absolute Gasteiger partial charge is 0.0615 e. The van der Waals surface area contributed by atoms with Crippen LogP contribution in [0.1, 0.15) is 73.1 Å². The molecule has 2 fully saturated rings. The van der Waals surface area contributed by atoms with Crippen molar-refractivity contribution in [1.29, 1.82) is 0 Å². The summed E-state index contributed by atoms with van der Waals surface area (Å²) in [5.41, 5.74) is 1.82. The minimum Gasteiger partial charge on any atom is -0.0615 e. The van der Waals surface area contributed by atoms with Gasteiger partial charge in [0.1, 0.15) is 0 Å². The second-order valence-corrected chi connectivity index (χ2v) is 7.76. The Hall–Kier alpha value is 0. The second-order valence-electron chi connectivity index (χ2n) is 7.76. The van der Waals surface area contributed by atoms with Crippen LogP contribution in [0.3, 0.4) is 0 Å². The summed E-state index contributed by atoms with van der Waals surface area (Å²) in [5, 5.41) is 0. The van der Waals surface area contributed by atoms with Crippen LogP contribution in [-0.2, 0) is 0 Å². The molecule has 2 saturated carbocycles. The van der Waals surface area contributed by atoms with Crippen molar-refractivity contribution in [3.8, 4) is 0 Å². The van der Waals surface area contributed by atoms with E-state index in [0.29, 0.717) is 10.8 Å². The number of hydrogen-bond acceptors (Lipinski definition) is 0. The van der Waals surface area contributed by atoms with E-state index in [1.165, 1.54) is 38.5 Å². The second kappa shape index (κ2) is 3.25. The molecule has 0 heterocycles. The SMILES string of the molecule is CC1C(C)(C)CC2(CCCC2)CC1(C)C. The van der Waals surface area contributed by atoms with Gasteiger partial charge in [0.25, 0.3) is 0 Å². The van der Waals surface area contributed by atoms with Crippen molar-refractivity contribution in [3.63, 3.8) is 0 Å². The molecule has 0 amide bonds. The summed E-state index contributed by atoms with van der Waals surface area (Å²) in [6.45, 7) is 12.5. The third kappa shape index (κ3) is 1.85. The first-order chi connectivity index (χ1) is 6.78.